The number of anilines is 1. The van der Waals surface area contributed by atoms with E-state index >= 15 is 0 Å². The van der Waals surface area contributed by atoms with Crippen LogP contribution in [-0.2, 0) is 18.9 Å². The predicted octanol–water partition coefficient (Wildman–Crippen LogP) is 1.99. The minimum atomic E-state index is -4.40. The first kappa shape index (κ1) is 27.3. The molecule has 0 aliphatic carbocycles. The average Bonchev–Trinajstić information content (AvgIpc) is 3.24. The highest BCUT2D eigenvalue weighted by atomic mass is 31.2. The van der Waals surface area contributed by atoms with Gasteiger partial charge < -0.3 is 35.0 Å². The molecule has 1 aliphatic heterocycles. The molecule has 3 amide bonds. The Morgan fingerprint density at radius 3 is 2.64 bits per heavy atom. The van der Waals surface area contributed by atoms with Crippen molar-refractivity contribution in [2.75, 3.05) is 32.3 Å². The van der Waals surface area contributed by atoms with Crippen molar-refractivity contribution in [2.45, 2.75) is 26.4 Å². The van der Waals surface area contributed by atoms with Crippen LogP contribution in [0.3, 0.4) is 0 Å². The standard InChI is InChI=1S/C23H28FN4O7P/c1-12-19(9-17-16-7-14(24)5-6-18(16)27-22(17)30)26-13(2)21(12)23(31)25-10-15(35-4)8-20(29)28(3)11-36(32,33)34/h5-7,9,15,26H,8,10-11H2,1-4H3,(H,25,31)(H,27,30)(H2,32,33,34)/b17-9-. The van der Waals surface area contributed by atoms with Crippen LogP contribution < -0.4 is 10.6 Å². The predicted molar refractivity (Wildman–Crippen MR) is 131 cm³/mol. The van der Waals surface area contributed by atoms with E-state index in [-0.39, 0.29) is 24.4 Å². The molecule has 1 aromatic carbocycles. The summed E-state index contributed by atoms with van der Waals surface area (Å²) in [5, 5.41) is 5.38. The molecule has 1 aromatic heterocycles. The number of amides is 3. The van der Waals surface area contributed by atoms with Gasteiger partial charge in [-0.05, 0) is 43.7 Å². The van der Waals surface area contributed by atoms with Gasteiger partial charge in [0, 0.05) is 43.3 Å². The molecule has 194 valence electrons. The molecule has 0 fully saturated rings. The van der Waals surface area contributed by atoms with E-state index in [1.807, 2.05) is 0 Å². The van der Waals surface area contributed by atoms with Gasteiger partial charge in [0.05, 0.1) is 23.7 Å². The van der Waals surface area contributed by atoms with Gasteiger partial charge in [0.25, 0.3) is 11.8 Å². The number of aryl methyl sites for hydroxylation is 1. The van der Waals surface area contributed by atoms with Crippen molar-refractivity contribution in [1.82, 2.24) is 15.2 Å². The maximum absolute atomic E-state index is 13.7. The quantitative estimate of drug-likeness (QED) is 0.249. The molecule has 11 nitrogen and oxygen atoms in total. The first-order chi connectivity index (χ1) is 16.8. The summed E-state index contributed by atoms with van der Waals surface area (Å²) < 4.78 is 30.1. The van der Waals surface area contributed by atoms with E-state index < -0.39 is 37.6 Å². The Kier molecular flexibility index (Phi) is 8.15. The molecule has 3 rings (SSSR count). The van der Waals surface area contributed by atoms with Crippen LogP contribution in [0.1, 0.15) is 39.3 Å². The molecule has 36 heavy (non-hydrogen) atoms. The number of hydrogen-bond donors (Lipinski definition) is 5. The molecule has 0 spiro atoms. The lowest BCUT2D eigenvalue weighted by Gasteiger charge is -2.21. The number of benzene rings is 1. The van der Waals surface area contributed by atoms with E-state index in [1.165, 1.54) is 32.4 Å². The Balaban J connectivity index is 1.72. The van der Waals surface area contributed by atoms with Crippen LogP contribution in [0.25, 0.3) is 11.6 Å². The Bertz CT molecular complexity index is 1280. The molecular weight excluding hydrogens is 494 g/mol. The molecule has 0 saturated carbocycles. The SMILES string of the molecule is COC(CNC(=O)c1c(C)[nH]c(/C=C2\C(=O)Nc3ccc(F)cc32)c1C)CC(=O)N(C)CP(=O)(O)O. The van der Waals surface area contributed by atoms with Crippen molar-refractivity contribution in [3.05, 3.63) is 52.1 Å². The number of carbonyl (C=O) groups excluding carboxylic acids is 3. The van der Waals surface area contributed by atoms with Crippen LogP contribution in [0.5, 0.6) is 0 Å². The second-order valence-electron chi connectivity index (χ2n) is 8.54. The summed E-state index contributed by atoms with van der Waals surface area (Å²) in [4.78, 5) is 59.7. The van der Waals surface area contributed by atoms with E-state index in [0.29, 0.717) is 33.8 Å². The topological polar surface area (TPSA) is 161 Å². The number of carbonyl (C=O) groups is 3. The number of methoxy groups -OCH3 is 1. The summed E-state index contributed by atoms with van der Waals surface area (Å²) in [6.45, 7) is 3.37. The number of halogens is 1. The zero-order chi connectivity index (χ0) is 26.8. The minimum absolute atomic E-state index is 0.0274. The minimum Gasteiger partial charge on any atom is -0.379 e. The van der Waals surface area contributed by atoms with Gasteiger partial charge in [-0.25, -0.2) is 4.39 Å². The monoisotopic (exact) mass is 522 g/mol. The van der Waals surface area contributed by atoms with Crippen molar-refractivity contribution < 1.29 is 37.9 Å². The number of nitrogens with one attached hydrogen (secondary N) is 3. The normalized spacial score (nSPS) is 15.0. The van der Waals surface area contributed by atoms with Gasteiger partial charge in [0.1, 0.15) is 12.1 Å². The van der Waals surface area contributed by atoms with E-state index in [1.54, 1.807) is 19.9 Å². The number of hydrogen-bond acceptors (Lipinski definition) is 5. The van der Waals surface area contributed by atoms with E-state index in [9.17, 15) is 23.3 Å². The van der Waals surface area contributed by atoms with Crippen LogP contribution in [0, 0.1) is 19.7 Å². The summed E-state index contributed by atoms with van der Waals surface area (Å²) >= 11 is 0. The molecule has 5 N–H and O–H groups in total. The number of ether oxygens (including phenoxy) is 1. The van der Waals surface area contributed by atoms with Crippen LogP contribution in [0.2, 0.25) is 0 Å². The first-order valence-corrected chi connectivity index (χ1v) is 12.7. The highest BCUT2D eigenvalue weighted by molar-refractivity contribution is 7.51. The molecule has 0 radical (unpaired) electrons. The molecular formula is C23H28FN4O7P. The fourth-order valence-electron chi connectivity index (χ4n) is 3.95. The lowest BCUT2D eigenvalue weighted by Crippen LogP contribution is -2.38. The van der Waals surface area contributed by atoms with Crippen molar-refractivity contribution in [2.24, 2.45) is 0 Å². The zero-order valence-corrected chi connectivity index (χ0v) is 21.1. The van der Waals surface area contributed by atoms with Crippen LogP contribution in [-0.4, -0.2) is 70.5 Å². The van der Waals surface area contributed by atoms with Gasteiger partial charge in [-0.2, -0.15) is 0 Å². The number of fused-ring (bicyclic) bond motifs is 1. The highest BCUT2D eigenvalue weighted by Crippen LogP contribution is 2.35. The van der Waals surface area contributed by atoms with Crippen molar-refractivity contribution >= 4 is 42.7 Å². The number of aromatic amines is 1. The molecule has 1 aliphatic rings. The van der Waals surface area contributed by atoms with Crippen molar-refractivity contribution in [3.63, 3.8) is 0 Å². The third-order valence-corrected chi connectivity index (χ3v) is 6.60. The Morgan fingerprint density at radius 1 is 1.31 bits per heavy atom. The molecule has 1 atom stereocenters. The van der Waals surface area contributed by atoms with Crippen molar-refractivity contribution in [3.8, 4) is 0 Å². The second kappa shape index (κ2) is 10.8. The Labute approximate surface area is 206 Å². The van der Waals surface area contributed by atoms with Gasteiger partial charge in [-0.3, -0.25) is 18.9 Å². The fourth-order valence-corrected chi connectivity index (χ4v) is 4.66. The van der Waals surface area contributed by atoms with Crippen LogP contribution in [0.4, 0.5) is 10.1 Å². The van der Waals surface area contributed by atoms with Gasteiger partial charge in [-0.1, -0.05) is 0 Å². The van der Waals surface area contributed by atoms with E-state index in [4.69, 9.17) is 14.5 Å². The second-order valence-corrected chi connectivity index (χ2v) is 10.1. The van der Waals surface area contributed by atoms with Gasteiger partial charge in [-0.15, -0.1) is 0 Å². The average molecular weight is 522 g/mol. The summed E-state index contributed by atoms with van der Waals surface area (Å²) in [6.07, 6.45) is -0.0759. The summed E-state index contributed by atoms with van der Waals surface area (Å²) in [5.74, 6) is -1.85. The van der Waals surface area contributed by atoms with E-state index in [0.717, 1.165) is 4.90 Å². The van der Waals surface area contributed by atoms with Gasteiger partial charge in [0.2, 0.25) is 5.91 Å². The number of rotatable bonds is 9. The molecule has 0 saturated heterocycles. The number of H-pyrrole nitrogens is 1. The first-order valence-electron chi connectivity index (χ1n) is 10.9. The lowest BCUT2D eigenvalue weighted by atomic mass is 10.0. The molecule has 13 heteroatoms. The van der Waals surface area contributed by atoms with Gasteiger partial charge >= 0.3 is 7.60 Å². The fraction of sp³-hybridized carbons (Fsp3) is 0.348. The van der Waals surface area contributed by atoms with Gasteiger partial charge in [0.15, 0.2) is 0 Å². The molecule has 2 heterocycles. The zero-order valence-electron chi connectivity index (χ0n) is 20.2. The maximum Gasteiger partial charge on any atom is 0.344 e. The largest absolute Gasteiger partial charge is 0.379 e. The number of nitrogens with zero attached hydrogens (tertiary/aromatic N) is 1. The van der Waals surface area contributed by atoms with Crippen LogP contribution >= 0.6 is 7.60 Å². The maximum atomic E-state index is 13.7. The smallest absolute Gasteiger partial charge is 0.344 e. The van der Waals surface area contributed by atoms with Crippen LogP contribution in [0.15, 0.2) is 18.2 Å². The molecule has 1 unspecified atom stereocenters. The summed E-state index contributed by atoms with van der Waals surface area (Å²) in [6, 6.07) is 4.00. The molecule has 2 aromatic rings. The molecule has 0 bridgehead atoms. The summed E-state index contributed by atoms with van der Waals surface area (Å²) in [5.41, 5.74) is 3.16. The third-order valence-electron chi connectivity index (χ3n) is 5.80. The Morgan fingerprint density at radius 2 is 2.00 bits per heavy atom. The highest BCUT2D eigenvalue weighted by Gasteiger charge is 2.27. The van der Waals surface area contributed by atoms with E-state index in [2.05, 4.69) is 15.6 Å². The lowest BCUT2D eigenvalue weighted by molar-refractivity contribution is -0.131. The summed E-state index contributed by atoms with van der Waals surface area (Å²) in [7, 11) is -1.77. The Hall–Kier alpha value is -3.31. The third kappa shape index (κ3) is 6.27. The number of aromatic nitrogens is 1. The van der Waals surface area contributed by atoms with Crippen molar-refractivity contribution in [1.29, 1.82) is 0 Å².